The van der Waals surface area contributed by atoms with Gasteiger partial charge in [0.25, 0.3) is 0 Å². The molecule has 0 saturated carbocycles. The lowest BCUT2D eigenvalue weighted by atomic mass is 9.80. The van der Waals surface area contributed by atoms with Crippen LogP contribution in [0.1, 0.15) is 51.2 Å². The molecule has 0 nitrogen and oxygen atoms in total. The zero-order valence-corrected chi connectivity index (χ0v) is 19.3. The van der Waals surface area contributed by atoms with Gasteiger partial charge in [-0.3, -0.25) is 0 Å². The summed E-state index contributed by atoms with van der Waals surface area (Å²) in [6, 6.07) is 17.8. The SMILES string of the molecule is CCC1=Cc2c(-c3ccccc3)cccc2C1C1=C(C)C(C)=C([SiH](C)C)C1C. The molecule has 0 radical (unpaired) electrons. The van der Waals surface area contributed by atoms with Crippen LogP contribution in [0.3, 0.4) is 0 Å². The fourth-order valence-corrected chi connectivity index (χ4v) is 7.92. The highest BCUT2D eigenvalue weighted by Gasteiger charge is 2.37. The van der Waals surface area contributed by atoms with E-state index in [2.05, 4.69) is 95.4 Å². The van der Waals surface area contributed by atoms with E-state index < -0.39 is 8.80 Å². The Kier molecular flexibility index (Phi) is 5.05. The molecule has 0 aliphatic heterocycles. The summed E-state index contributed by atoms with van der Waals surface area (Å²) in [5.74, 6) is 1.05. The van der Waals surface area contributed by atoms with E-state index >= 15 is 0 Å². The number of allylic oxidation sites excluding steroid dienone is 5. The van der Waals surface area contributed by atoms with Crippen molar-refractivity contribution in [3.8, 4) is 11.1 Å². The maximum absolute atomic E-state index is 2.50. The minimum absolute atomic E-state index is 0.457. The van der Waals surface area contributed by atoms with E-state index in [1.54, 1.807) is 27.5 Å². The first-order valence-corrected chi connectivity index (χ1v) is 13.6. The molecule has 1 heteroatoms. The quantitative estimate of drug-likeness (QED) is 0.477. The van der Waals surface area contributed by atoms with Crippen LogP contribution in [0.5, 0.6) is 0 Å². The number of fused-ring (bicyclic) bond motifs is 1. The second-order valence-corrected chi connectivity index (χ2v) is 11.6. The molecule has 0 bridgehead atoms. The third kappa shape index (κ3) is 2.88. The highest BCUT2D eigenvalue weighted by atomic mass is 28.3. The van der Waals surface area contributed by atoms with Crippen molar-refractivity contribution in [1.29, 1.82) is 0 Å². The second kappa shape index (κ2) is 7.37. The monoisotopic (exact) mass is 384 g/mol. The van der Waals surface area contributed by atoms with Crippen LogP contribution < -0.4 is 0 Å². The molecular weight excluding hydrogens is 352 g/mol. The van der Waals surface area contributed by atoms with Crippen LogP contribution >= 0.6 is 0 Å². The van der Waals surface area contributed by atoms with Crippen LogP contribution in [0.2, 0.25) is 13.1 Å². The molecule has 2 atom stereocenters. The Morgan fingerprint density at radius 3 is 2.21 bits per heavy atom. The largest absolute Gasteiger partial charge is 0.0748 e. The predicted molar refractivity (Wildman–Crippen MR) is 126 cm³/mol. The van der Waals surface area contributed by atoms with E-state index in [0.717, 1.165) is 6.42 Å². The first-order chi connectivity index (χ1) is 13.5. The summed E-state index contributed by atoms with van der Waals surface area (Å²) in [5.41, 5.74) is 12.1. The summed E-state index contributed by atoms with van der Waals surface area (Å²) >= 11 is 0. The molecule has 144 valence electrons. The van der Waals surface area contributed by atoms with Gasteiger partial charge < -0.3 is 0 Å². The van der Waals surface area contributed by atoms with Crippen molar-refractivity contribution in [1.82, 2.24) is 0 Å². The molecule has 0 amide bonds. The highest BCUT2D eigenvalue weighted by Crippen LogP contribution is 2.53. The first kappa shape index (κ1) is 19.2. The van der Waals surface area contributed by atoms with Gasteiger partial charge in [-0.25, -0.2) is 0 Å². The van der Waals surface area contributed by atoms with Crippen LogP contribution in [0.15, 0.2) is 76.0 Å². The Hall–Kier alpha value is -2.12. The van der Waals surface area contributed by atoms with Gasteiger partial charge in [-0.15, -0.1) is 0 Å². The van der Waals surface area contributed by atoms with E-state index in [4.69, 9.17) is 0 Å². The van der Waals surface area contributed by atoms with Crippen molar-refractivity contribution in [2.24, 2.45) is 5.92 Å². The maximum Gasteiger partial charge on any atom is 0.0607 e. The average molecular weight is 385 g/mol. The molecule has 4 rings (SSSR count). The van der Waals surface area contributed by atoms with Crippen LogP contribution in [-0.2, 0) is 0 Å². The molecule has 0 fully saturated rings. The Morgan fingerprint density at radius 1 is 0.893 bits per heavy atom. The van der Waals surface area contributed by atoms with Gasteiger partial charge in [-0.2, -0.15) is 0 Å². The third-order valence-electron chi connectivity index (χ3n) is 6.94. The standard InChI is InChI=1S/C27H32Si/c1-7-20-16-24-22(21-12-9-8-10-13-21)14-11-15-23(24)26(20)25-17(2)18(3)27(19(25)4)28(5)6/h8-16,19,26,28H,7H2,1-6H3. The molecular formula is C27H32Si. The molecule has 0 N–H and O–H groups in total. The minimum atomic E-state index is -0.814. The summed E-state index contributed by atoms with van der Waals surface area (Å²) in [7, 11) is -0.814. The highest BCUT2D eigenvalue weighted by molar-refractivity contribution is 6.64. The van der Waals surface area contributed by atoms with Gasteiger partial charge in [0.2, 0.25) is 0 Å². The molecule has 0 spiro atoms. The van der Waals surface area contributed by atoms with Gasteiger partial charge in [-0.1, -0.05) is 97.9 Å². The molecule has 28 heavy (non-hydrogen) atoms. The van der Waals surface area contributed by atoms with Crippen LogP contribution in [0, 0.1) is 5.92 Å². The normalized spacial score (nSPS) is 21.6. The van der Waals surface area contributed by atoms with Crippen molar-refractivity contribution in [2.75, 3.05) is 0 Å². The van der Waals surface area contributed by atoms with Gasteiger partial charge in [0.1, 0.15) is 0 Å². The summed E-state index contributed by atoms with van der Waals surface area (Å²) in [5, 5.41) is 1.77. The Morgan fingerprint density at radius 2 is 1.61 bits per heavy atom. The molecule has 2 aliphatic rings. The number of hydrogen-bond acceptors (Lipinski definition) is 0. The van der Waals surface area contributed by atoms with Crippen molar-refractivity contribution in [2.45, 2.75) is 53.1 Å². The summed E-state index contributed by atoms with van der Waals surface area (Å²) < 4.78 is 0. The Labute approximate surface area is 172 Å². The lowest BCUT2D eigenvalue weighted by Gasteiger charge is -2.26. The molecule has 0 aromatic heterocycles. The number of benzene rings is 2. The lowest BCUT2D eigenvalue weighted by Crippen LogP contribution is -2.16. The topological polar surface area (TPSA) is 0 Å². The minimum Gasteiger partial charge on any atom is -0.0748 e. The van der Waals surface area contributed by atoms with E-state index in [0.29, 0.717) is 11.8 Å². The fraction of sp³-hybridized carbons (Fsp3) is 0.333. The smallest absolute Gasteiger partial charge is 0.0607 e. The first-order valence-electron chi connectivity index (χ1n) is 10.8. The van der Waals surface area contributed by atoms with Crippen molar-refractivity contribution < 1.29 is 0 Å². The number of rotatable bonds is 4. The van der Waals surface area contributed by atoms with Crippen molar-refractivity contribution >= 4 is 14.9 Å². The average Bonchev–Trinajstić information content (AvgIpc) is 3.16. The predicted octanol–water partition coefficient (Wildman–Crippen LogP) is 7.55. The maximum atomic E-state index is 2.50. The Balaban J connectivity index is 1.86. The van der Waals surface area contributed by atoms with Crippen molar-refractivity contribution in [3.63, 3.8) is 0 Å². The molecule has 2 unspecified atom stereocenters. The van der Waals surface area contributed by atoms with Crippen LogP contribution in [0.4, 0.5) is 0 Å². The van der Waals surface area contributed by atoms with Crippen LogP contribution in [0.25, 0.3) is 17.2 Å². The van der Waals surface area contributed by atoms with Crippen molar-refractivity contribution in [3.05, 3.63) is 87.1 Å². The molecule has 2 aromatic carbocycles. The molecule has 0 heterocycles. The van der Waals surface area contributed by atoms with E-state index in [-0.39, 0.29) is 0 Å². The third-order valence-corrected chi connectivity index (χ3v) is 9.12. The molecule has 0 saturated heterocycles. The molecule has 2 aromatic rings. The lowest BCUT2D eigenvalue weighted by molar-refractivity contribution is 0.742. The Bertz CT molecular complexity index is 1000. The van der Waals surface area contributed by atoms with Crippen LogP contribution in [-0.4, -0.2) is 8.80 Å². The second-order valence-electron chi connectivity index (χ2n) is 8.72. The van der Waals surface area contributed by atoms with E-state index in [9.17, 15) is 0 Å². The van der Waals surface area contributed by atoms with E-state index in [1.165, 1.54) is 22.3 Å². The van der Waals surface area contributed by atoms with E-state index in [1.807, 2.05) is 0 Å². The summed E-state index contributed by atoms with van der Waals surface area (Å²) in [6.45, 7) is 14.5. The molecule has 2 aliphatic carbocycles. The zero-order valence-electron chi connectivity index (χ0n) is 18.1. The fourth-order valence-electron chi connectivity index (χ4n) is 5.66. The van der Waals surface area contributed by atoms with Gasteiger partial charge >= 0.3 is 0 Å². The van der Waals surface area contributed by atoms with Gasteiger partial charge in [0.15, 0.2) is 0 Å². The van der Waals surface area contributed by atoms with Gasteiger partial charge in [0.05, 0.1) is 8.80 Å². The summed E-state index contributed by atoms with van der Waals surface area (Å²) in [6.07, 6.45) is 3.61. The van der Waals surface area contributed by atoms with Gasteiger partial charge in [-0.05, 0) is 59.6 Å². The zero-order chi connectivity index (χ0) is 20.0. The summed E-state index contributed by atoms with van der Waals surface area (Å²) in [4.78, 5) is 0. The van der Waals surface area contributed by atoms with Gasteiger partial charge in [0, 0.05) is 5.92 Å². The number of hydrogen-bond donors (Lipinski definition) is 0.